The van der Waals surface area contributed by atoms with Crippen molar-refractivity contribution in [2.45, 2.75) is 13.3 Å². The minimum Gasteiger partial charge on any atom is -0.351 e. The fourth-order valence-electron chi connectivity index (χ4n) is 3.16. The Hall–Kier alpha value is -2.84. The molecule has 3 aromatic heterocycles. The van der Waals surface area contributed by atoms with Crippen molar-refractivity contribution >= 4 is 22.8 Å². The van der Waals surface area contributed by atoms with Crippen molar-refractivity contribution in [3.05, 3.63) is 30.5 Å². The summed E-state index contributed by atoms with van der Waals surface area (Å²) in [5, 5.41) is 0. The highest BCUT2D eigenvalue weighted by atomic mass is 19.1. The van der Waals surface area contributed by atoms with Crippen molar-refractivity contribution in [1.29, 1.82) is 0 Å². The maximum absolute atomic E-state index is 14.5. The molecule has 1 saturated heterocycles. The molecular weight excluding hydrogens is 323 g/mol. The highest BCUT2D eigenvalue weighted by Gasteiger charge is 2.24. The second-order valence-corrected chi connectivity index (χ2v) is 6.01. The standard InChI is InChI=1S/C16H19FN8/c1-3-11-12(17)14(19-8-18-11)24-4-6-25(7-5-24)16-13-15(20-9-21-16)23(2)10-22-13/h8-10H,3-7H2,1-2H3. The highest BCUT2D eigenvalue weighted by Crippen LogP contribution is 2.24. The number of halogens is 1. The van der Waals surface area contributed by atoms with Crippen molar-refractivity contribution in [3.63, 3.8) is 0 Å². The van der Waals surface area contributed by atoms with Gasteiger partial charge in [0.15, 0.2) is 28.6 Å². The topological polar surface area (TPSA) is 75.9 Å². The van der Waals surface area contributed by atoms with Crippen LogP contribution in [0.3, 0.4) is 0 Å². The summed E-state index contributed by atoms with van der Waals surface area (Å²) in [6, 6.07) is 0. The molecule has 0 unspecified atom stereocenters. The Morgan fingerprint density at radius 3 is 2.28 bits per heavy atom. The molecule has 25 heavy (non-hydrogen) atoms. The highest BCUT2D eigenvalue weighted by molar-refractivity contribution is 5.83. The summed E-state index contributed by atoms with van der Waals surface area (Å²) in [5.41, 5.74) is 2.06. The van der Waals surface area contributed by atoms with Crippen LogP contribution in [0, 0.1) is 5.82 Å². The summed E-state index contributed by atoms with van der Waals surface area (Å²) >= 11 is 0. The van der Waals surface area contributed by atoms with Crippen LogP contribution < -0.4 is 9.80 Å². The van der Waals surface area contributed by atoms with Crippen LogP contribution in [0.15, 0.2) is 19.0 Å². The number of aryl methyl sites for hydroxylation is 2. The van der Waals surface area contributed by atoms with E-state index in [2.05, 4.69) is 29.8 Å². The molecule has 8 nitrogen and oxygen atoms in total. The third-order valence-corrected chi connectivity index (χ3v) is 4.53. The molecule has 0 atom stereocenters. The van der Waals surface area contributed by atoms with Gasteiger partial charge in [-0.15, -0.1) is 0 Å². The van der Waals surface area contributed by atoms with Crippen LogP contribution in [0.1, 0.15) is 12.6 Å². The van der Waals surface area contributed by atoms with Gasteiger partial charge >= 0.3 is 0 Å². The van der Waals surface area contributed by atoms with Crippen LogP contribution in [0.5, 0.6) is 0 Å². The molecule has 0 spiro atoms. The van der Waals surface area contributed by atoms with Gasteiger partial charge in [0.05, 0.1) is 12.0 Å². The molecule has 0 aromatic carbocycles. The van der Waals surface area contributed by atoms with Gasteiger partial charge in [-0.3, -0.25) is 0 Å². The van der Waals surface area contributed by atoms with Crippen molar-refractivity contribution in [1.82, 2.24) is 29.5 Å². The van der Waals surface area contributed by atoms with Gasteiger partial charge in [0, 0.05) is 33.2 Å². The molecule has 1 fully saturated rings. The summed E-state index contributed by atoms with van der Waals surface area (Å²) in [7, 11) is 1.91. The molecule has 0 saturated carbocycles. The Kier molecular flexibility index (Phi) is 3.90. The van der Waals surface area contributed by atoms with Gasteiger partial charge < -0.3 is 14.4 Å². The molecule has 4 rings (SSSR count). The van der Waals surface area contributed by atoms with Crippen LogP contribution in [-0.4, -0.2) is 55.7 Å². The Bertz CT molecular complexity index is 900. The number of fused-ring (bicyclic) bond motifs is 1. The molecule has 4 heterocycles. The molecule has 0 radical (unpaired) electrons. The Morgan fingerprint density at radius 2 is 1.56 bits per heavy atom. The quantitative estimate of drug-likeness (QED) is 0.707. The summed E-state index contributed by atoms with van der Waals surface area (Å²) in [5.74, 6) is 0.896. The largest absolute Gasteiger partial charge is 0.351 e. The van der Waals surface area contributed by atoms with Crippen molar-refractivity contribution in [2.75, 3.05) is 36.0 Å². The van der Waals surface area contributed by atoms with E-state index in [-0.39, 0.29) is 5.82 Å². The molecule has 0 amide bonds. The van der Waals surface area contributed by atoms with Crippen LogP contribution in [0.2, 0.25) is 0 Å². The SMILES string of the molecule is CCc1ncnc(N2CCN(c3ncnc4c3ncn4C)CC2)c1F. The zero-order valence-corrected chi connectivity index (χ0v) is 14.2. The van der Waals surface area contributed by atoms with E-state index in [1.54, 1.807) is 12.7 Å². The number of hydrogen-bond donors (Lipinski definition) is 0. The number of nitrogens with zero attached hydrogens (tertiary/aromatic N) is 8. The van der Waals surface area contributed by atoms with Gasteiger partial charge in [0.1, 0.15) is 12.7 Å². The summed E-state index contributed by atoms with van der Waals surface area (Å²) < 4.78 is 16.3. The molecule has 9 heteroatoms. The first-order valence-corrected chi connectivity index (χ1v) is 8.30. The van der Waals surface area contributed by atoms with Gasteiger partial charge in [-0.05, 0) is 6.42 Å². The van der Waals surface area contributed by atoms with E-state index >= 15 is 0 Å². The Balaban J connectivity index is 1.55. The first kappa shape index (κ1) is 15.7. The zero-order chi connectivity index (χ0) is 17.4. The van der Waals surface area contributed by atoms with E-state index in [4.69, 9.17) is 0 Å². The van der Waals surface area contributed by atoms with Crippen molar-refractivity contribution in [3.8, 4) is 0 Å². The molecule has 0 aliphatic carbocycles. The van der Waals surface area contributed by atoms with Crippen LogP contribution in [0.25, 0.3) is 11.2 Å². The lowest BCUT2D eigenvalue weighted by atomic mass is 10.2. The predicted octanol–water partition coefficient (Wildman–Crippen LogP) is 1.18. The molecular formula is C16H19FN8. The van der Waals surface area contributed by atoms with Gasteiger partial charge in [-0.1, -0.05) is 6.92 Å². The zero-order valence-electron chi connectivity index (χ0n) is 14.2. The van der Waals surface area contributed by atoms with Gasteiger partial charge in [-0.25, -0.2) is 29.3 Å². The minimum absolute atomic E-state index is 0.312. The van der Waals surface area contributed by atoms with Crippen LogP contribution >= 0.6 is 0 Å². The fourth-order valence-corrected chi connectivity index (χ4v) is 3.16. The predicted molar refractivity (Wildman–Crippen MR) is 92.1 cm³/mol. The second kappa shape index (κ2) is 6.23. The summed E-state index contributed by atoms with van der Waals surface area (Å²) in [6.45, 7) is 4.65. The average molecular weight is 342 g/mol. The summed E-state index contributed by atoms with van der Waals surface area (Å²) in [6.07, 6.45) is 5.29. The van der Waals surface area contributed by atoms with E-state index in [0.29, 0.717) is 44.1 Å². The molecule has 130 valence electrons. The maximum Gasteiger partial charge on any atom is 0.187 e. The van der Waals surface area contributed by atoms with Gasteiger partial charge in [-0.2, -0.15) is 0 Å². The molecule has 1 aliphatic heterocycles. The fraction of sp³-hybridized carbons (Fsp3) is 0.438. The van der Waals surface area contributed by atoms with Crippen molar-refractivity contribution in [2.24, 2.45) is 7.05 Å². The summed E-state index contributed by atoms with van der Waals surface area (Å²) in [4.78, 5) is 25.4. The monoisotopic (exact) mass is 342 g/mol. The second-order valence-electron chi connectivity index (χ2n) is 6.01. The van der Waals surface area contributed by atoms with E-state index in [1.807, 2.05) is 23.4 Å². The number of imidazole rings is 1. The van der Waals surface area contributed by atoms with Crippen LogP contribution in [0.4, 0.5) is 16.0 Å². The van der Waals surface area contributed by atoms with Gasteiger partial charge in [0.25, 0.3) is 0 Å². The maximum atomic E-state index is 14.5. The molecule has 1 aliphatic rings. The smallest absolute Gasteiger partial charge is 0.187 e. The Morgan fingerprint density at radius 1 is 0.920 bits per heavy atom. The molecule has 0 N–H and O–H groups in total. The average Bonchev–Trinajstić information content (AvgIpc) is 3.03. The molecule has 3 aromatic rings. The normalized spacial score (nSPS) is 15.2. The van der Waals surface area contributed by atoms with E-state index in [9.17, 15) is 4.39 Å². The molecule has 0 bridgehead atoms. The van der Waals surface area contributed by atoms with Crippen LogP contribution in [-0.2, 0) is 13.5 Å². The lowest BCUT2D eigenvalue weighted by Gasteiger charge is -2.36. The Labute approximate surface area is 144 Å². The third-order valence-electron chi connectivity index (χ3n) is 4.53. The van der Waals surface area contributed by atoms with E-state index in [1.165, 1.54) is 6.33 Å². The number of anilines is 2. The van der Waals surface area contributed by atoms with Crippen molar-refractivity contribution < 1.29 is 4.39 Å². The van der Waals surface area contributed by atoms with Gasteiger partial charge in [0.2, 0.25) is 0 Å². The minimum atomic E-state index is -0.312. The number of rotatable bonds is 3. The third kappa shape index (κ3) is 2.65. The van der Waals surface area contributed by atoms with E-state index < -0.39 is 0 Å². The number of aromatic nitrogens is 6. The first-order chi connectivity index (χ1) is 12.2. The lowest BCUT2D eigenvalue weighted by molar-refractivity contribution is 0.568. The number of hydrogen-bond acceptors (Lipinski definition) is 7. The number of piperazine rings is 1. The lowest BCUT2D eigenvalue weighted by Crippen LogP contribution is -2.47. The first-order valence-electron chi connectivity index (χ1n) is 8.30. The van der Waals surface area contributed by atoms with E-state index in [0.717, 1.165) is 17.0 Å².